The van der Waals surface area contributed by atoms with Crippen LogP contribution in [-0.4, -0.2) is 18.7 Å². The Labute approximate surface area is 131 Å². The molecule has 1 aliphatic rings. The van der Waals surface area contributed by atoms with Crippen molar-refractivity contribution >= 4 is 26.9 Å². The van der Waals surface area contributed by atoms with Crippen LogP contribution in [-0.2, 0) is 14.4 Å². The molecule has 21 heavy (non-hydrogen) atoms. The van der Waals surface area contributed by atoms with Gasteiger partial charge in [-0.3, -0.25) is 4.28 Å². The maximum absolute atomic E-state index is 12.0. The second-order valence-electron chi connectivity index (χ2n) is 5.33. The summed E-state index contributed by atoms with van der Waals surface area (Å²) in [6.07, 6.45) is 6.12. The van der Waals surface area contributed by atoms with Gasteiger partial charge in [0.05, 0.1) is 0 Å². The Kier molecular flexibility index (Phi) is 5.70. The fourth-order valence-corrected chi connectivity index (χ4v) is 4.24. The summed E-state index contributed by atoms with van der Waals surface area (Å²) in [5.41, 5.74) is 1.00. The molecule has 1 aliphatic carbocycles. The fraction of sp³-hybridized carbons (Fsp3) is 0.533. The summed E-state index contributed by atoms with van der Waals surface area (Å²) in [6, 6.07) is 6.54. The lowest BCUT2D eigenvalue weighted by Gasteiger charge is -2.20. The third kappa shape index (κ3) is 5.04. The van der Waals surface area contributed by atoms with E-state index in [-0.39, 0.29) is 4.90 Å². The first kappa shape index (κ1) is 16.4. The van der Waals surface area contributed by atoms with Gasteiger partial charge in [-0.1, -0.05) is 42.1 Å². The first-order chi connectivity index (χ1) is 9.97. The van der Waals surface area contributed by atoms with E-state index in [1.807, 2.05) is 6.92 Å². The van der Waals surface area contributed by atoms with E-state index >= 15 is 0 Å². The smallest absolute Gasteiger partial charge is 0.264 e. The van der Waals surface area contributed by atoms with Crippen LogP contribution in [0, 0.1) is 6.92 Å². The van der Waals surface area contributed by atoms with Gasteiger partial charge >= 0.3 is 10.1 Å². The van der Waals surface area contributed by atoms with E-state index in [4.69, 9.17) is 4.28 Å². The molecular formula is C15H21NO3S2. The minimum Gasteiger partial charge on any atom is -0.264 e. The Bertz CT molecular complexity index is 588. The molecule has 0 atom stereocenters. The molecule has 1 aromatic rings. The molecule has 0 unspecified atom stereocenters. The predicted octanol–water partition coefficient (Wildman–Crippen LogP) is 4.10. The number of aryl methyl sites for hydroxylation is 1. The van der Waals surface area contributed by atoms with Gasteiger partial charge in [0.1, 0.15) is 9.94 Å². The van der Waals surface area contributed by atoms with Gasteiger partial charge in [-0.15, -0.1) is 11.8 Å². The predicted molar refractivity (Wildman–Crippen MR) is 87.0 cm³/mol. The highest BCUT2D eigenvalue weighted by Crippen LogP contribution is 2.29. The minimum atomic E-state index is -3.81. The zero-order valence-corrected chi connectivity index (χ0v) is 14.0. The van der Waals surface area contributed by atoms with Gasteiger partial charge in [-0.05, 0) is 38.8 Å². The van der Waals surface area contributed by atoms with E-state index < -0.39 is 10.1 Å². The van der Waals surface area contributed by atoms with Gasteiger partial charge in [-0.2, -0.15) is 8.42 Å². The first-order valence-corrected chi connectivity index (χ1v) is 9.48. The minimum absolute atomic E-state index is 0.132. The van der Waals surface area contributed by atoms with Crippen LogP contribution >= 0.6 is 11.8 Å². The number of benzene rings is 1. The molecule has 1 fully saturated rings. The highest BCUT2D eigenvalue weighted by atomic mass is 32.2. The Morgan fingerprint density at radius 1 is 1.19 bits per heavy atom. The first-order valence-electron chi connectivity index (χ1n) is 7.19. The van der Waals surface area contributed by atoms with Crippen molar-refractivity contribution in [2.45, 2.75) is 56.1 Å². The third-order valence-electron chi connectivity index (χ3n) is 3.46. The van der Waals surface area contributed by atoms with E-state index in [1.165, 1.54) is 44.2 Å². The summed E-state index contributed by atoms with van der Waals surface area (Å²) in [5, 5.41) is 4.98. The van der Waals surface area contributed by atoms with Crippen LogP contribution in [0.4, 0.5) is 0 Å². The van der Waals surface area contributed by atoms with Crippen LogP contribution in [0.15, 0.2) is 34.3 Å². The number of thioether (sulfide) groups is 1. The molecule has 0 spiro atoms. The number of hydrogen-bond acceptors (Lipinski definition) is 5. The lowest BCUT2D eigenvalue weighted by molar-refractivity contribution is 0.340. The number of hydrogen-bond donors (Lipinski definition) is 0. The normalized spacial score (nSPS) is 17.7. The lowest BCUT2D eigenvalue weighted by Crippen LogP contribution is -2.10. The van der Waals surface area contributed by atoms with Gasteiger partial charge < -0.3 is 0 Å². The second-order valence-corrected chi connectivity index (χ2v) is 8.35. The average Bonchev–Trinajstić information content (AvgIpc) is 2.47. The molecule has 2 rings (SSSR count). The monoisotopic (exact) mass is 327 g/mol. The molecule has 116 valence electrons. The van der Waals surface area contributed by atoms with Crippen molar-refractivity contribution < 1.29 is 12.7 Å². The van der Waals surface area contributed by atoms with Gasteiger partial charge in [0.2, 0.25) is 0 Å². The van der Waals surface area contributed by atoms with E-state index in [0.717, 1.165) is 5.56 Å². The van der Waals surface area contributed by atoms with Crippen molar-refractivity contribution in [3.8, 4) is 0 Å². The summed E-state index contributed by atoms with van der Waals surface area (Å²) in [4.78, 5) is 0.132. The van der Waals surface area contributed by atoms with Crippen molar-refractivity contribution in [2.24, 2.45) is 5.16 Å². The number of nitrogens with zero attached hydrogens (tertiary/aromatic N) is 1. The number of rotatable bonds is 4. The summed E-state index contributed by atoms with van der Waals surface area (Å²) in [7, 11) is -3.81. The van der Waals surface area contributed by atoms with E-state index in [0.29, 0.717) is 10.3 Å². The van der Waals surface area contributed by atoms with Crippen LogP contribution in [0.3, 0.4) is 0 Å². The third-order valence-corrected chi connectivity index (χ3v) is 5.80. The highest BCUT2D eigenvalue weighted by molar-refractivity contribution is 8.14. The molecule has 0 amide bonds. The molecule has 0 radical (unpaired) electrons. The lowest BCUT2D eigenvalue weighted by atomic mass is 10.0. The highest BCUT2D eigenvalue weighted by Gasteiger charge is 2.18. The van der Waals surface area contributed by atoms with Crippen molar-refractivity contribution in [3.05, 3.63) is 29.8 Å². The molecule has 0 bridgehead atoms. The molecule has 0 N–H and O–H groups in total. The van der Waals surface area contributed by atoms with Crippen molar-refractivity contribution in [1.82, 2.24) is 0 Å². The fourth-order valence-electron chi connectivity index (χ4n) is 2.30. The van der Waals surface area contributed by atoms with Gasteiger partial charge in [-0.25, -0.2) is 0 Å². The molecule has 0 heterocycles. The van der Waals surface area contributed by atoms with Crippen LogP contribution < -0.4 is 0 Å². The summed E-state index contributed by atoms with van der Waals surface area (Å²) < 4.78 is 28.8. The van der Waals surface area contributed by atoms with E-state index in [9.17, 15) is 8.42 Å². The molecule has 0 aromatic heterocycles. The Balaban J connectivity index is 1.96. The molecular weight excluding hydrogens is 306 g/mol. The molecule has 6 heteroatoms. The Hall–Kier alpha value is -1.01. The molecule has 0 aliphatic heterocycles. The van der Waals surface area contributed by atoms with Crippen molar-refractivity contribution in [3.63, 3.8) is 0 Å². The molecule has 4 nitrogen and oxygen atoms in total. The summed E-state index contributed by atoms with van der Waals surface area (Å²) in [6.45, 7) is 3.70. The van der Waals surface area contributed by atoms with Crippen molar-refractivity contribution in [1.29, 1.82) is 0 Å². The standard InChI is InChI=1S/C15H21NO3S2/c1-12-8-10-15(11-9-12)21(17,18)19-16-13(2)20-14-6-4-3-5-7-14/h8-11,14H,3-7H2,1-2H3/b16-13-. The SMILES string of the molecule is C/C(=N/OS(=O)(=O)c1ccc(C)cc1)SC1CCCCC1. The van der Waals surface area contributed by atoms with Crippen LogP contribution in [0.1, 0.15) is 44.6 Å². The number of oxime groups is 1. The van der Waals surface area contributed by atoms with Crippen LogP contribution in [0.25, 0.3) is 0 Å². The molecule has 1 aromatic carbocycles. The second kappa shape index (κ2) is 7.31. The maximum atomic E-state index is 12.0. The molecule has 0 saturated heterocycles. The van der Waals surface area contributed by atoms with Crippen LogP contribution in [0.2, 0.25) is 0 Å². The Morgan fingerprint density at radius 3 is 2.43 bits per heavy atom. The largest absolute Gasteiger partial charge is 0.358 e. The van der Waals surface area contributed by atoms with Gasteiger partial charge in [0.25, 0.3) is 0 Å². The topological polar surface area (TPSA) is 55.7 Å². The molecule has 1 saturated carbocycles. The Morgan fingerprint density at radius 2 is 1.81 bits per heavy atom. The quantitative estimate of drug-likeness (QED) is 0.474. The summed E-state index contributed by atoms with van der Waals surface area (Å²) in [5.74, 6) is 0. The maximum Gasteiger partial charge on any atom is 0.358 e. The van der Waals surface area contributed by atoms with Crippen LogP contribution in [0.5, 0.6) is 0 Å². The summed E-state index contributed by atoms with van der Waals surface area (Å²) >= 11 is 1.62. The van der Waals surface area contributed by atoms with E-state index in [1.54, 1.807) is 30.8 Å². The zero-order chi connectivity index (χ0) is 15.3. The van der Waals surface area contributed by atoms with Gasteiger partial charge in [0.15, 0.2) is 0 Å². The van der Waals surface area contributed by atoms with Gasteiger partial charge in [0, 0.05) is 5.25 Å². The van der Waals surface area contributed by atoms with E-state index in [2.05, 4.69) is 5.16 Å². The van der Waals surface area contributed by atoms with Crippen molar-refractivity contribution in [2.75, 3.05) is 0 Å². The average molecular weight is 327 g/mol. The zero-order valence-electron chi connectivity index (χ0n) is 12.4.